The normalized spacial score (nSPS) is 31.5. The van der Waals surface area contributed by atoms with Gasteiger partial charge in [0.1, 0.15) is 0 Å². The molecule has 5 aliphatic rings. The van der Waals surface area contributed by atoms with Gasteiger partial charge in [0.15, 0.2) is 0 Å². The lowest BCUT2D eigenvalue weighted by atomic mass is 9.43. The highest BCUT2D eigenvalue weighted by Gasteiger charge is 2.64. The van der Waals surface area contributed by atoms with Crippen LogP contribution in [0.25, 0.3) is 0 Å². The van der Waals surface area contributed by atoms with E-state index in [1.807, 2.05) is 0 Å². The van der Waals surface area contributed by atoms with E-state index in [1.165, 1.54) is 148 Å². The summed E-state index contributed by atoms with van der Waals surface area (Å²) < 4.78 is 25.3. The first kappa shape index (κ1) is 54.9. The van der Waals surface area contributed by atoms with E-state index in [0.29, 0.717) is 50.4 Å². The zero-order valence-electron chi connectivity index (χ0n) is 43.9. The van der Waals surface area contributed by atoms with Gasteiger partial charge in [-0.15, -0.1) is 0 Å². The van der Waals surface area contributed by atoms with E-state index in [9.17, 15) is 0 Å². The molecule has 1 aliphatic heterocycles. The zero-order valence-corrected chi connectivity index (χ0v) is 43.9. The van der Waals surface area contributed by atoms with Crippen molar-refractivity contribution in [3.8, 4) is 0 Å². The van der Waals surface area contributed by atoms with Gasteiger partial charge in [-0.3, -0.25) is 4.90 Å². The van der Waals surface area contributed by atoms with Crippen LogP contribution in [0.5, 0.6) is 0 Å². The molecule has 0 aromatic rings. The second-order valence-corrected chi connectivity index (χ2v) is 23.2. The van der Waals surface area contributed by atoms with Crippen molar-refractivity contribution in [2.24, 2.45) is 46.2 Å². The predicted octanol–water partition coefficient (Wildman–Crippen LogP) is 15.0. The Kier molecular flexibility index (Phi) is 24.7. The number of nitrogens with zero attached hydrogens (tertiary/aromatic N) is 1. The Morgan fingerprint density at radius 2 is 1.46 bits per heavy atom. The molecule has 2 unspecified atom stereocenters. The number of nitrogens with two attached hydrogens (primary N) is 1. The van der Waals surface area contributed by atoms with Gasteiger partial charge in [-0.25, -0.2) is 0 Å². The molecule has 2 N–H and O–H groups in total. The standard InChI is InChI=1S/C59H106N2O4/c1-8-9-10-11-12-13-14-15-16-17-18-19-20-21-22-23-24-25-40-63-47-53(46-61-39-27-30-50(61)5)65-44-42-62-41-43-64-52-35-36-58(7)51(45-52)31-32-56-55-34-33-54(49(4)29-26-28-48(2)3)57(55,6)37-38-59(56,58)60/h12-13,15-16,31,48-50,52-56H,8-11,14,17-30,32-47,60H2,1-7H3/b13-12-,16-15-/t49-,50?,52+,53?,54-,55+,56+,57-,58+,59-/m1/s1. The van der Waals surface area contributed by atoms with Crippen molar-refractivity contribution in [1.29, 1.82) is 0 Å². The molecule has 0 bridgehead atoms. The van der Waals surface area contributed by atoms with Crippen molar-refractivity contribution >= 4 is 0 Å². The Morgan fingerprint density at radius 1 is 0.738 bits per heavy atom. The summed E-state index contributed by atoms with van der Waals surface area (Å²) >= 11 is 0. The molecule has 0 amide bonds. The molecule has 5 rings (SSSR count). The van der Waals surface area contributed by atoms with Crippen LogP contribution < -0.4 is 5.73 Å². The summed E-state index contributed by atoms with van der Waals surface area (Å²) in [6.07, 6.45) is 47.1. The molecule has 10 atom stereocenters. The minimum absolute atomic E-state index is 0.0800. The monoisotopic (exact) mass is 907 g/mol. The Labute approximate surface area is 402 Å². The molecule has 0 spiro atoms. The van der Waals surface area contributed by atoms with Gasteiger partial charge >= 0.3 is 0 Å². The molecule has 4 aliphatic carbocycles. The highest BCUT2D eigenvalue weighted by Crippen LogP contribution is 2.68. The van der Waals surface area contributed by atoms with Crippen molar-refractivity contribution in [3.63, 3.8) is 0 Å². The van der Waals surface area contributed by atoms with Crippen LogP contribution in [0.2, 0.25) is 0 Å². The summed E-state index contributed by atoms with van der Waals surface area (Å²) in [5.41, 5.74) is 9.83. The summed E-state index contributed by atoms with van der Waals surface area (Å²) in [5, 5.41) is 0. The van der Waals surface area contributed by atoms with Gasteiger partial charge in [0, 0.05) is 30.1 Å². The molecule has 6 nitrogen and oxygen atoms in total. The van der Waals surface area contributed by atoms with E-state index in [4.69, 9.17) is 24.7 Å². The molecule has 376 valence electrons. The lowest BCUT2D eigenvalue weighted by molar-refractivity contribution is -0.0852. The summed E-state index contributed by atoms with van der Waals surface area (Å²) in [5.74, 6) is 3.91. The Balaban J connectivity index is 0.911. The summed E-state index contributed by atoms with van der Waals surface area (Å²) in [4.78, 5) is 2.59. The summed E-state index contributed by atoms with van der Waals surface area (Å²) in [7, 11) is 0. The first-order valence-corrected chi connectivity index (χ1v) is 28.4. The highest BCUT2D eigenvalue weighted by atomic mass is 16.6. The maximum atomic E-state index is 7.76. The minimum atomic E-state index is -0.0800. The lowest BCUT2D eigenvalue weighted by Crippen LogP contribution is -2.67. The van der Waals surface area contributed by atoms with Crippen LogP contribution in [-0.4, -0.2) is 81.4 Å². The van der Waals surface area contributed by atoms with Crippen LogP contribution in [0.15, 0.2) is 36.0 Å². The Bertz CT molecular complexity index is 1380. The molecule has 4 fully saturated rings. The van der Waals surface area contributed by atoms with Crippen molar-refractivity contribution in [1.82, 2.24) is 4.90 Å². The number of fused-ring (bicyclic) bond motifs is 5. The highest BCUT2D eigenvalue weighted by molar-refractivity contribution is 5.32. The van der Waals surface area contributed by atoms with Crippen LogP contribution in [-0.2, 0) is 18.9 Å². The third-order valence-electron chi connectivity index (χ3n) is 18.2. The molecule has 0 aromatic carbocycles. The molecule has 1 heterocycles. The van der Waals surface area contributed by atoms with Crippen LogP contribution in [0.1, 0.15) is 222 Å². The van der Waals surface area contributed by atoms with Gasteiger partial charge in [-0.2, -0.15) is 0 Å². The van der Waals surface area contributed by atoms with Crippen molar-refractivity contribution < 1.29 is 18.9 Å². The lowest BCUT2D eigenvalue weighted by Gasteiger charge is -2.64. The van der Waals surface area contributed by atoms with Crippen LogP contribution in [0.4, 0.5) is 0 Å². The largest absolute Gasteiger partial charge is 0.379 e. The van der Waals surface area contributed by atoms with Gasteiger partial charge < -0.3 is 24.7 Å². The van der Waals surface area contributed by atoms with Crippen molar-refractivity contribution in [2.45, 2.75) is 246 Å². The first-order valence-electron chi connectivity index (χ1n) is 28.4. The van der Waals surface area contributed by atoms with E-state index in [1.54, 1.807) is 5.57 Å². The van der Waals surface area contributed by atoms with E-state index < -0.39 is 0 Å². The molecular formula is C59H106N2O4. The van der Waals surface area contributed by atoms with Gasteiger partial charge in [0.2, 0.25) is 0 Å². The number of allylic oxidation sites excluding steroid dienone is 5. The molecule has 65 heavy (non-hydrogen) atoms. The molecule has 0 aromatic heterocycles. The minimum Gasteiger partial charge on any atom is -0.379 e. The molecule has 6 heteroatoms. The average molecular weight is 908 g/mol. The number of rotatable bonds is 34. The van der Waals surface area contributed by atoms with Gasteiger partial charge in [0.25, 0.3) is 0 Å². The molecule has 1 saturated heterocycles. The second-order valence-electron chi connectivity index (χ2n) is 23.2. The third-order valence-corrected chi connectivity index (χ3v) is 18.2. The van der Waals surface area contributed by atoms with Crippen LogP contribution in [0, 0.1) is 40.4 Å². The van der Waals surface area contributed by atoms with E-state index in [-0.39, 0.29) is 23.2 Å². The van der Waals surface area contributed by atoms with Crippen molar-refractivity contribution in [2.75, 3.05) is 52.7 Å². The molecule has 0 radical (unpaired) electrons. The fraction of sp³-hybridized carbons (Fsp3) is 0.898. The van der Waals surface area contributed by atoms with Crippen LogP contribution in [0.3, 0.4) is 0 Å². The molecule has 3 saturated carbocycles. The molecular weight excluding hydrogens is 801 g/mol. The Morgan fingerprint density at radius 3 is 2.18 bits per heavy atom. The fourth-order valence-corrected chi connectivity index (χ4v) is 13.9. The predicted molar refractivity (Wildman–Crippen MR) is 276 cm³/mol. The van der Waals surface area contributed by atoms with Gasteiger partial charge in [-0.1, -0.05) is 148 Å². The average Bonchev–Trinajstić information content (AvgIpc) is 3.86. The zero-order chi connectivity index (χ0) is 46.4. The number of unbranched alkanes of at least 4 members (excludes halogenated alkanes) is 11. The fourth-order valence-electron chi connectivity index (χ4n) is 13.9. The first-order chi connectivity index (χ1) is 31.5. The van der Waals surface area contributed by atoms with Crippen molar-refractivity contribution in [3.05, 3.63) is 36.0 Å². The SMILES string of the molecule is CCCCC/C=C\C/C=C\CCCCCCCCCCOCC(CN1CCCC1C)OCCOCCO[C@H]1CC[C@@]2(C)C(=CC[C@H]3[C@@H]4CC[C@H]([C@H](C)CCCC(C)C)[C@@]4(C)CC[C@@]32N)C1. The number of ether oxygens (including phenoxy) is 4. The number of hydrogen-bond donors (Lipinski definition) is 1. The maximum Gasteiger partial charge on any atom is 0.0936 e. The Hall–Kier alpha value is -1.02. The number of likely N-dealkylation sites (tertiary alicyclic amines) is 1. The van der Waals surface area contributed by atoms with Gasteiger partial charge in [-0.05, 0) is 151 Å². The smallest absolute Gasteiger partial charge is 0.0936 e. The quantitative estimate of drug-likeness (QED) is 0.0513. The van der Waals surface area contributed by atoms with Crippen LogP contribution >= 0.6 is 0 Å². The summed E-state index contributed by atoms with van der Waals surface area (Å²) in [6.45, 7) is 23.3. The maximum absolute atomic E-state index is 7.76. The van der Waals surface area contributed by atoms with Gasteiger partial charge in [0.05, 0.1) is 45.2 Å². The summed E-state index contributed by atoms with van der Waals surface area (Å²) in [6, 6.07) is 0.633. The number of hydrogen-bond acceptors (Lipinski definition) is 6. The third kappa shape index (κ3) is 16.5. The second kappa shape index (κ2) is 29.2. The van der Waals surface area contributed by atoms with E-state index in [0.717, 1.165) is 68.9 Å². The van der Waals surface area contributed by atoms with E-state index in [2.05, 4.69) is 83.7 Å². The topological polar surface area (TPSA) is 66.2 Å². The van der Waals surface area contributed by atoms with E-state index >= 15 is 0 Å².